The Balaban J connectivity index is 0.00000225. The third-order valence-electron chi connectivity index (χ3n) is 1.89. The van der Waals surface area contributed by atoms with Crippen LogP contribution in [-0.4, -0.2) is 12.3 Å². The van der Waals surface area contributed by atoms with Gasteiger partial charge in [0.15, 0.2) is 0 Å². The number of rotatable bonds is 3. The molecule has 1 rings (SSSR count). The zero-order valence-corrected chi connectivity index (χ0v) is 9.43. The fraction of sp³-hybridized carbons (Fsp3) is 0.300. The number of alkyl halides is 2. The molecule has 0 aromatic heterocycles. The van der Waals surface area contributed by atoms with Gasteiger partial charge in [-0.3, -0.25) is 4.79 Å². The zero-order chi connectivity index (χ0) is 11.4. The second kappa shape index (κ2) is 6.40. The fourth-order valence-electron chi connectivity index (χ4n) is 1.14. The second-order valence-electron chi connectivity index (χ2n) is 3.16. The third kappa shape index (κ3) is 4.12. The highest BCUT2D eigenvalue weighted by Gasteiger charge is 2.16. The molecule has 0 fully saturated rings. The smallest absolute Gasteiger partial charge is 0.257 e. The van der Waals surface area contributed by atoms with Gasteiger partial charge in [0.25, 0.3) is 6.43 Å². The number of anilines is 1. The highest BCUT2D eigenvalue weighted by molar-refractivity contribution is 5.88. The number of carbonyl (C=O) groups is 1. The predicted octanol–water partition coefficient (Wildman–Crippen LogP) is 2.33. The SMILES string of the molecule is CC(=O)Nc1ccc([C@H](N)C(F)F)cc1.Cl. The average molecular weight is 251 g/mol. The molecular weight excluding hydrogens is 238 g/mol. The van der Waals surface area contributed by atoms with Crippen LogP contribution in [0.3, 0.4) is 0 Å². The molecule has 3 nitrogen and oxygen atoms in total. The van der Waals surface area contributed by atoms with Crippen molar-refractivity contribution >= 4 is 24.0 Å². The van der Waals surface area contributed by atoms with Crippen LogP contribution in [0.15, 0.2) is 24.3 Å². The molecule has 6 heteroatoms. The molecule has 1 atom stereocenters. The maximum absolute atomic E-state index is 12.2. The summed E-state index contributed by atoms with van der Waals surface area (Å²) in [5.74, 6) is -0.207. The minimum absolute atomic E-state index is 0. The van der Waals surface area contributed by atoms with Crippen LogP contribution in [0, 0.1) is 0 Å². The van der Waals surface area contributed by atoms with E-state index >= 15 is 0 Å². The van der Waals surface area contributed by atoms with Crippen molar-refractivity contribution in [3.05, 3.63) is 29.8 Å². The zero-order valence-electron chi connectivity index (χ0n) is 8.61. The van der Waals surface area contributed by atoms with Gasteiger partial charge >= 0.3 is 0 Å². The largest absolute Gasteiger partial charge is 0.326 e. The minimum Gasteiger partial charge on any atom is -0.326 e. The van der Waals surface area contributed by atoms with Crippen LogP contribution in [0.1, 0.15) is 18.5 Å². The van der Waals surface area contributed by atoms with Crippen LogP contribution in [0.2, 0.25) is 0 Å². The summed E-state index contributed by atoms with van der Waals surface area (Å²) in [5, 5.41) is 2.53. The number of hydrogen-bond donors (Lipinski definition) is 2. The van der Waals surface area contributed by atoms with Gasteiger partial charge in [0.1, 0.15) is 0 Å². The molecule has 0 bridgehead atoms. The van der Waals surface area contributed by atoms with Crippen LogP contribution in [0.5, 0.6) is 0 Å². The lowest BCUT2D eigenvalue weighted by atomic mass is 10.1. The maximum Gasteiger partial charge on any atom is 0.257 e. The molecular formula is C10H13ClF2N2O. The summed E-state index contributed by atoms with van der Waals surface area (Å²) in [6.45, 7) is 1.37. The highest BCUT2D eigenvalue weighted by Crippen LogP contribution is 2.19. The Morgan fingerprint density at radius 3 is 2.19 bits per heavy atom. The monoisotopic (exact) mass is 250 g/mol. The highest BCUT2D eigenvalue weighted by atomic mass is 35.5. The molecule has 3 N–H and O–H groups in total. The van der Waals surface area contributed by atoms with E-state index in [0.717, 1.165) is 0 Å². The molecule has 1 amide bonds. The number of nitrogens with one attached hydrogen (secondary N) is 1. The van der Waals surface area contributed by atoms with E-state index in [1.165, 1.54) is 19.1 Å². The van der Waals surface area contributed by atoms with Crippen LogP contribution in [0.25, 0.3) is 0 Å². The van der Waals surface area contributed by atoms with Crippen molar-refractivity contribution < 1.29 is 13.6 Å². The number of halogens is 3. The molecule has 0 aliphatic heterocycles. The van der Waals surface area contributed by atoms with Gasteiger partial charge in [-0.15, -0.1) is 12.4 Å². The average Bonchev–Trinajstić information content (AvgIpc) is 2.17. The van der Waals surface area contributed by atoms with Crippen molar-refractivity contribution in [3.8, 4) is 0 Å². The van der Waals surface area contributed by atoms with E-state index in [-0.39, 0.29) is 18.3 Å². The van der Waals surface area contributed by atoms with Gasteiger partial charge in [-0.05, 0) is 17.7 Å². The number of amides is 1. The van der Waals surface area contributed by atoms with E-state index in [9.17, 15) is 13.6 Å². The minimum atomic E-state index is -2.59. The number of nitrogens with two attached hydrogens (primary N) is 1. The predicted molar refractivity (Wildman–Crippen MR) is 60.9 cm³/mol. The molecule has 1 aromatic rings. The van der Waals surface area contributed by atoms with Crippen molar-refractivity contribution in [2.45, 2.75) is 19.4 Å². The van der Waals surface area contributed by atoms with E-state index in [1.807, 2.05) is 0 Å². The molecule has 90 valence electrons. The van der Waals surface area contributed by atoms with E-state index in [0.29, 0.717) is 11.3 Å². The van der Waals surface area contributed by atoms with Gasteiger partial charge in [-0.1, -0.05) is 12.1 Å². The van der Waals surface area contributed by atoms with E-state index in [4.69, 9.17) is 5.73 Å². The van der Waals surface area contributed by atoms with E-state index in [2.05, 4.69) is 5.32 Å². The normalized spacial score (nSPS) is 11.8. The number of carbonyl (C=O) groups excluding carboxylic acids is 1. The summed E-state index contributed by atoms with van der Waals surface area (Å²) in [6.07, 6.45) is -2.59. The molecule has 0 unspecified atom stereocenters. The van der Waals surface area contributed by atoms with Crippen molar-refractivity contribution in [1.29, 1.82) is 0 Å². The molecule has 0 saturated heterocycles. The van der Waals surface area contributed by atoms with Gasteiger partial charge in [0, 0.05) is 12.6 Å². The maximum atomic E-state index is 12.2. The summed E-state index contributed by atoms with van der Waals surface area (Å²) >= 11 is 0. The van der Waals surface area contributed by atoms with E-state index < -0.39 is 12.5 Å². The van der Waals surface area contributed by atoms with Crippen LogP contribution in [-0.2, 0) is 4.79 Å². The summed E-state index contributed by atoms with van der Waals surface area (Å²) in [5.41, 5.74) is 6.16. The molecule has 0 radical (unpaired) electrons. The Kier molecular flexibility index (Phi) is 5.92. The first kappa shape index (κ1) is 14.8. The van der Waals surface area contributed by atoms with Gasteiger partial charge in [0.05, 0.1) is 6.04 Å². The first-order chi connectivity index (χ1) is 7.00. The summed E-state index contributed by atoms with van der Waals surface area (Å²) in [4.78, 5) is 10.7. The lowest BCUT2D eigenvalue weighted by Crippen LogP contribution is -2.18. The molecule has 1 aromatic carbocycles. The second-order valence-corrected chi connectivity index (χ2v) is 3.16. The van der Waals surface area contributed by atoms with Crippen molar-refractivity contribution in [2.75, 3.05) is 5.32 Å². The van der Waals surface area contributed by atoms with Gasteiger partial charge in [0.2, 0.25) is 5.91 Å². The quantitative estimate of drug-likeness (QED) is 0.865. The van der Waals surface area contributed by atoms with Crippen LogP contribution >= 0.6 is 12.4 Å². The lowest BCUT2D eigenvalue weighted by molar-refractivity contribution is -0.114. The van der Waals surface area contributed by atoms with Gasteiger partial charge < -0.3 is 11.1 Å². The lowest BCUT2D eigenvalue weighted by Gasteiger charge is -2.11. The van der Waals surface area contributed by atoms with Crippen LogP contribution < -0.4 is 11.1 Å². The van der Waals surface area contributed by atoms with Gasteiger partial charge in [-0.2, -0.15) is 0 Å². The Morgan fingerprint density at radius 2 is 1.81 bits per heavy atom. The van der Waals surface area contributed by atoms with Crippen LogP contribution in [0.4, 0.5) is 14.5 Å². The van der Waals surface area contributed by atoms with Crippen molar-refractivity contribution in [2.24, 2.45) is 5.73 Å². The van der Waals surface area contributed by atoms with Crippen molar-refractivity contribution in [3.63, 3.8) is 0 Å². The van der Waals surface area contributed by atoms with Crippen molar-refractivity contribution in [1.82, 2.24) is 0 Å². The standard InChI is InChI=1S/C10H12F2N2O.ClH/c1-6(15)14-8-4-2-7(3-5-8)9(13)10(11)12;/h2-5,9-10H,13H2,1H3,(H,14,15);1H/t9-;/m0./s1. The summed E-state index contributed by atoms with van der Waals surface area (Å²) in [7, 11) is 0. The molecule has 0 aliphatic rings. The first-order valence-corrected chi connectivity index (χ1v) is 4.42. The Morgan fingerprint density at radius 1 is 1.31 bits per heavy atom. The summed E-state index contributed by atoms with van der Waals surface area (Å²) < 4.78 is 24.5. The molecule has 0 saturated carbocycles. The summed E-state index contributed by atoms with van der Waals surface area (Å²) in [6, 6.07) is 4.75. The Labute approximate surface area is 98.4 Å². The Bertz CT molecular complexity index is 343. The first-order valence-electron chi connectivity index (χ1n) is 4.42. The fourth-order valence-corrected chi connectivity index (χ4v) is 1.14. The molecule has 0 aliphatic carbocycles. The van der Waals surface area contributed by atoms with E-state index in [1.54, 1.807) is 12.1 Å². The number of hydrogen-bond acceptors (Lipinski definition) is 2. The molecule has 0 spiro atoms. The topological polar surface area (TPSA) is 55.1 Å². The third-order valence-corrected chi connectivity index (χ3v) is 1.89. The molecule has 0 heterocycles. The number of benzene rings is 1. The Hall–Kier alpha value is -1.20. The van der Waals surface area contributed by atoms with Gasteiger partial charge in [-0.25, -0.2) is 8.78 Å². The molecule has 16 heavy (non-hydrogen) atoms.